The minimum absolute atomic E-state index is 0. The summed E-state index contributed by atoms with van der Waals surface area (Å²) >= 11 is 0. The molecule has 1 aliphatic rings. The monoisotopic (exact) mass is 521 g/mol. The quantitative estimate of drug-likeness (QED) is 0.242. The molecule has 1 N–H and O–H groups in total. The minimum atomic E-state index is 0. The van der Waals surface area contributed by atoms with E-state index in [1.807, 2.05) is 18.1 Å². The van der Waals surface area contributed by atoms with Crippen LogP contribution in [0.15, 0.2) is 53.9 Å². The molecule has 9 heteroatoms. The van der Waals surface area contributed by atoms with Gasteiger partial charge in [-0.05, 0) is 23.9 Å². The molecule has 1 aromatic carbocycles. The molecule has 0 spiro atoms. The molecule has 30 heavy (non-hydrogen) atoms. The van der Waals surface area contributed by atoms with Crippen LogP contribution in [0.3, 0.4) is 0 Å². The van der Waals surface area contributed by atoms with Crippen molar-refractivity contribution in [3.63, 3.8) is 0 Å². The summed E-state index contributed by atoms with van der Waals surface area (Å²) in [5, 5.41) is 8.83. The van der Waals surface area contributed by atoms with Crippen molar-refractivity contribution in [2.45, 2.75) is 13.0 Å². The van der Waals surface area contributed by atoms with Gasteiger partial charge in [-0.25, -0.2) is 0 Å². The van der Waals surface area contributed by atoms with Crippen molar-refractivity contribution in [1.82, 2.24) is 24.6 Å². The molecule has 3 aromatic rings. The van der Waals surface area contributed by atoms with Crippen LogP contribution in [0.4, 0.5) is 5.69 Å². The van der Waals surface area contributed by atoms with Gasteiger partial charge in [0.25, 0.3) is 0 Å². The number of aliphatic imine (C=N–C) groups is 1. The number of rotatable bonds is 5. The number of hydrogen-bond acceptors (Lipinski definition) is 3. The fraction of sp³-hybridized carbons (Fsp3) is 0.381. The summed E-state index contributed by atoms with van der Waals surface area (Å²) in [6.07, 6.45) is 6.70. The number of aryl methyl sites for hydroxylation is 2. The Bertz CT molecular complexity index is 1030. The number of nitrogens with one attached hydrogen (secondary N) is 1. The Balaban J connectivity index is 0.00000256. The van der Waals surface area contributed by atoms with E-state index in [1.165, 1.54) is 10.9 Å². The van der Waals surface area contributed by atoms with E-state index in [-0.39, 0.29) is 29.9 Å². The number of anilines is 1. The molecule has 1 aliphatic heterocycles. The first-order chi connectivity index (χ1) is 14.2. The van der Waals surface area contributed by atoms with Gasteiger partial charge in [0.2, 0.25) is 5.91 Å². The molecule has 1 fully saturated rings. The SMILES string of the molecule is CN=C(NCCCn1ccc2ccccc21)N1CCN(c2cnn(C)c2)C(=O)C1.I. The molecule has 0 unspecified atom stereocenters. The number of fused-ring (bicyclic) bond motifs is 1. The highest BCUT2D eigenvalue weighted by atomic mass is 127. The number of para-hydroxylation sites is 1. The molecule has 0 atom stereocenters. The zero-order chi connectivity index (χ0) is 20.2. The van der Waals surface area contributed by atoms with Crippen LogP contribution in [0.25, 0.3) is 10.9 Å². The molecule has 4 rings (SSSR count). The van der Waals surface area contributed by atoms with Gasteiger partial charge in [0.1, 0.15) is 6.54 Å². The number of halogens is 1. The van der Waals surface area contributed by atoms with Crippen LogP contribution in [0.2, 0.25) is 0 Å². The number of benzene rings is 1. The summed E-state index contributed by atoms with van der Waals surface area (Å²) in [6, 6.07) is 10.6. The van der Waals surface area contributed by atoms with Gasteiger partial charge in [0.05, 0.1) is 11.9 Å². The van der Waals surface area contributed by atoms with E-state index in [4.69, 9.17) is 0 Å². The zero-order valence-corrected chi connectivity index (χ0v) is 19.7. The predicted octanol–water partition coefficient (Wildman–Crippen LogP) is 2.31. The molecule has 0 radical (unpaired) electrons. The van der Waals surface area contributed by atoms with Gasteiger partial charge in [-0.15, -0.1) is 24.0 Å². The Labute approximate surface area is 193 Å². The lowest BCUT2D eigenvalue weighted by molar-refractivity contribution is -0.120. The molecule has 160 valence electrons. The number of aromatic nitrogens is 3. The summed E-state index contributed by atoms with van der Waals surface area (Å²) in [4.78, 5) is 20.8. The molecule has 2 aromatic heterocycles. The van der Waals surface area contributed by atoms with Crippen LogP contribution in [-0.2, 0) is 18.4 Å². The molecule has 8 nitrogen and oxygen atoms in total. The van der Waals surface area contributed by atoms with Gasteiger partial charge in [-0.1, -0.05) is 18.2 Å². The average molecular weight is 521 g/mol. The second-order valence-corrected chi connectivity index (χ2v) is 7.23. The number of hydrogen-bond donors (Lipinski definition) is 1. The summed E-state index contributed by atoms with van der Waals surface area (Å²) in [5.74, 6) is 0.840. The van der Waals surface area contributed by atoms with Gasteiger partial charge in [-0.3, -0.25) is 14.5 Å². The van der Waals surface area contributed by atoms with Crippen LogP contribution in [-0.4, -0.2) is 64.3 Å². The maximum atomic E-state index is 12.6. The van der Waals surface area contributed by atoms with Gasteiger partial charge >= 0.3 is 0 Å². The molecule has 0 saturated carbocycles. The lowest BCUT2D eigenvalue weighted by Crippen LogP contribution is -2.55. The van der Waals surface area contributed by atoms with Crippen LogP contribution in [0.1, 0.15) is 6.42 Å². The Morgan fingerprint density at radius 2 is 2.07 bits per heavy atom. The Morgan fingerprint density at radius 1 is 1.23 bits per heavy atom. The van der Waals surface area contributed by atoms with Crippen molar-refractivity contribution in [2.24, 2.45) is 12.0 Å². The molecular weight excluding hydrogens is 493 g/mol. The van der Waals surface area contributed by atoms with Gasteiger partial charge in [-0.2, -0.15) is 5.10 Å². The summed E-state index contributed by atoms with van der Waals surface area (Å²) in [5.41, 5.74) is 2.10. The first-order valence-electron chi connectivity index (χ1n) is 9.94. The van der Waals surface area contributed by atoms with E-state index in [0.29, 0.717) is 13.1 Å². The number of carbonyl (C=O) groups is 1. The molecule has 1 saturated heterocycles. The zero-order valence-electron chi connectivity index (χ0n) is 17.4. The van der Waals surface area contributed by atoms with E-state index >= 15 is 0 Å². The van der Waals surface area contributed by atoms with Crippen molar-refractivity contribution in [2.75, 3.05) is 38.1 Å². The normalized spacial score (nSPS) is 14.9. The first kappa shape index (κ1) is 22.1. The van der Waals surface area contributed by atoms with E-state index in [2.05, 4.69) is 56.5 Å². The fourth-order valence-corrected chi connectivity index (χ4v) is 3.79. The highest BCUT2D eigenvalue weighted by Gasteiger charge is 2.27. The largest absolute Gasteiger partial charge is 0.356 e. The third-order valence-electron chi connectivity index (χ3n) is 5.27. The third-order valence-corrected chi connectivity index (χ3v) is 5.27. The topological polar surface area (TPSA) is 70.7 Å². The van der Waals surface area contributed by atoms with E-state index in [9.17, 15) is 4.79 Å². The molecule has 0 bridgehead atoms. The number of piperazine rings is 1. The highest BCUT2D eigenvalue weighted by Crippen LogP contribution is 2.17. The second-order valence-electron chi connectivity index (χ2n) is 7.23. The van der Waals surface area contributed by atoms with Crippen LogP contribution < -0.4 is 10.2 Å². The number of amides is 1. The lowest BCUT2D eigenvalue weighted by atomic mass is 10.2. The average Bonchev–Trinajstić information content (AvgIpc) is 3.34. The van der Waals surface area contributed by atoms with Gasteiger partial charge < -0.3 is 19.7 Å². The van der Waals surface area contributed by atoms with Crippen LogP contribution >= 0.6 is 24.0 Å². The Hall–Kier alpha value is -2.56. The van der Waals surface area contributed by atoms with E-state index in [0.717, 1.165) is 37.7 Å². The van der Waals surface area contributed by atoms with Crippen LogP contribution in [0, 0.1) is 0 Å². The lowest BCUT2D eigenvalue weighted by Gasteiger charge is -2.35. The number of carbonyl (C=O) groups excluding carboxylic acids is 1. The van der Waals surface area contributed by atoms with Crippen LogP contribution in [0.5, 0.6) is 0 Å². The molecular formula is C21H28IN7O. The molecule has 1 amide bonds. The highest BCUT2D eigenvalue weighted by molar-refractivity contribution is 14.0. The van der Waals surface area contributed by atoms with Crippen molar-refractivity contribution < 1.29 is 4.79 Å². The molecule has 0 aliphatic carbocycles. The smallest absolute Gasteiger partial charge is 0.246 e. The Morgan fingerprint density at radius 3 is 2.80 bits per heavy atom. The Kier molecular flexibility index (Phi) is 7.35. The van der Waals surface area contributed by atoms with Crippen molar-refractivity contribution in [1.29, 1.82) is 0 Å². The molecule has 3 heterocycles. The van der Waals surface area contributed by atoms with Gasteiger partial charge in [0, 0.05) is 58.2 Å². The maximum Gasteiger partial charge on any atom is 0.246 e. The van der Waals surface area contributed by atoms with Crippen molar-refractivity contribution in [3.05, 3.63) is 48.9 Å². The fourth-order valence-electron chi connectivity index (χ4n) is 3.79. The minimum Gasteiger partial charge on any atom is -0.356 e. The maximum absolute atomic E-state index is 12.6. The van der Waals surface area contributed by atoms with Crippen molar-refractivity contribution in [3.8, 4) is 0 Å². The van der Waals surface area contributed by atoms with Gasteiger partial charge in [0.15, 0.2) is 5.96 Å². The third kappa shape index (κ3) is 4.77. The summed E-state index contributed by atoms with van der Waals surface area (Å²) in [6.45, 7) is 3.42. The van der Waals surface area contributed by atoms with E-state index < -0.39 is 0 Å². The second kappa shape index (κ2) is 9.96. The number of nitrogens with zero attached hydrogens (tertiary/aromatic N) is 6. The number of guanidine groups is 1. The summed E-state index contributed by atoms with van der Waals surface area (Å²) in [7, 11) is 3.62. The first-order valence-corrected chi connectivity index (χ1v) is 9.94. The summed E-state index contributed by atoms with van der Waals surface area (Å²) < 4.78 is 3.99. The predicted molar refractivity (Wildman–Crippen MR) is 130 cm³/mol. The van der Waals surface area contributed by atoms with Crippen molar-refractivity contribution >= 4 is 52.4 Å². The standard InChI is InChI=1S/C21H27N7O.HI/c1-22-21(23-9-5-10-26-11-8-17-6-3-4-7-19(17)26)27-12-13-28(20(29)16-27)18-14-24-25(2)15-18;/h3-4,6-8,11,14-15H,5,9-10,12-13,16H2,1-2H3,(H,22,23);1H. The van der Waals surface area contributed by atoms with E-state index in [1.54, 1.807) is 22.8 Å².